The molecular weight excluding hydrogens is 194 g/mol. The molecule has 2 N–H and O–H groups in total. The number of amides is 1. The summed E-state index contributed by atoms with van der Waals surface area (Å²) in [6, 6.07) is -0.311. The number of carbonyl (C=O) groups is 1. The molecule has 0 saturated carbocycles. The number of nitrogens with two attached hydrogens (primary N) is 1. The monoisotopic (exact) mass is 209 g/mol. The molecule has 1 aliphatic rings. The normalized spacial score (nSPS) is 22.1. The quantitative estimate of drug-likeness (QED) is 0.709. The van der Waals surface area contributed by atoms with Crippen LogP contribution < -0.4 is 5.73 Å². The second-order valence-electron chi connectivity index (χ2n) is 3.74. The molecule has 1 unspecified atom stereocenters. The first-order valence-electron chi connectivity index (χ1n) is 5.16. The van der Waals surface area contributed by atoms with Crippen LogP contribution in [0.2, 0.25) is 0 Å². The van der Waals surface area contributed by atoms with E-state index < -0.39 is 0 Å². The fourth-order valence-electron chi connectivity index (χ4n) is 1.77. The van der Waals surface area contributed by atoms with Crippen LogP contribution in [-0.2, 0) is 11.3 Å². The van der Waals surface area contributed by atoms with E-state index in [9.17, 15) is 4.79 Å². The first kappa shape index (κ1) is 10.1. The maximum atomic E-state index is 11.6. The van der Waals surface area contributed by atoms with Crippen molar-refractivity contribution in [2.24, 2.45) is 5.73 Å². The topological polar surface area (TPSA) is 77.0 Å². The van der Waals surface area contributed by atoms with Gasteiger partial charge in [0.2, 0.25) is 5.91 Å². The molecule has 1 aromatic rings. The Morgan fingerprint density at radius 2 is 2.40 bits per heavy atom. The summed E-state index contributed by atoms with van der Waals surface area (Å²) in [4.78, 5) is 13.4. The summed E-state index contributed by atoms with van der Waals surface area (Å²) < 4.78 is 1.72. The highest BCUT2D eigenvalue weighted by Gasteiger charge is 2.24. The van der Waals surface area contributed by atoms with Gasteiger partial charge in [-0.05, 0) is 12.8 Å². The molecule has 6 heteroatoms. The highest BCUT2D eigenvalue weighted by molar-refractivity contribution is 5.82. The van der Waals surface area contributed by atoms with E-state index in [1.807, 2.05) is 0 Å². The van der Waals surface area contributed by atoms with Crippen LogP contribution in [0.25, 0.3) is 0 Å². The molecule has 0 radical (unpaired) electrons. The van der Waals surface area contributed by atoms with Gasteiger partial charge >= 0.3 is 0 Å². The smallest absolute Gasteiger partial charge is 0.239 e. The van der Waals surface area contributed by atoms with Crippen LogP contribution >= 0.6 is 0 Å². The van der Waals surface area contributed by atoms with Crippen LogP contribution in [0.1, 0.15) is 12.8 Å². The number of likely N-dealkylation sites (tertiary alicyclic amines) is 1. The molecule has 2 heterocycles. The molecule has 15 heavy (non-hydrogen) atoms. The fraction of sp³-hybridized carbons (Fsp3) is 0.667. The van der Waals surface area contributed by atoms with Gasteiger partial charge in [0, 0.05) is 19.3 Å². The zero-order valence-electron chi connectivity index (χ0n) is 8.54. The zero-order chi connectivity index (χ0) is 10.7. The van der Waals surface area contributed by atoms with Crippen LogP contribution in [0.4, 0.5) is 0 Å². The SMILES string of the molecule is NC1CCCN(CCn2ccnn2)C1=O. The summed E-state index contributed by atoms with van der Waals surface area (Å²) >= 11 is 0. The first-order chi connectivity index (χ1) is 7.27. The minimum absolute atomic E-state index is 0.0568. The molecule has 1 aliphatic heterocycles. The maximum absolute atomic E-state index is 11.6. The van der Waals surface area contributed by atoms with Gasteiger partial charge < -0.3 is 10.6 Å². The van der Waals surface area contributed by atoms with Gasteiger partial charge in [0.05, 0.1) is 18.8 Å². The Morgan fingerprint density at radius 3 is 3.13 bits per heavy atom. The van der Waals surface area contributed by atoms with E-state index in [0.29, 0.717) is 13.1 Å². The molecule has 1 aromatic heterocycles. The number of hydrogen-bond acceptors (Lipinski definition) is 4. The number of aromatic nitrogens is 3. The third-order valence-corrected chi connectivity index (χ3v) is 2.64. The Balaban J connectivity index is 1.86. The lowest BCUT2D eigenvalue weighted by Crippen LogP contribution is -2.49. The summed E-state index contributed by atoms with van der Waals surface area (Å²) in [6.45, 7) is 2.15. The van der Waals surface area contributed by atoms with Crippen molar-refractivity contribution in [3.8, 4) is 0 Å². The first-order valence-corrected chi connectivity index (χ1v) is 5.16. The predicted octanol–water partition coefficient (Wildman–Crippen LogP) is -0.772. The molecule has 0 aromatic carbocycles. The number of rotatable bonds is 3. The molecule has 1 amide bonds. The number of hydrogen-bond donors (Lipinski definition) is 1. The predicted molar refractivity (Wildman–Crippen MR) is 53.8 cm³/mol. The minimum Gasteiger partial charge on any atom is -0.339 e. The highest BCUT2D eigenvalue weighted by atomic mass is 16.2. The molecular formula is C9H15N5O. The third kappa shape index (κ3) is 2.33. The second-order valence-corrected chi connectivity index (χ2v) is 3.74. The van der Waals surface area contributed by atoms with Crippen molar-refractivity contribution < 1.29 is 4.79 Å². The standard InChI is InChI=1S/C9H15N5O/c10-8-2-1-4-13(9(8)15)6-7-14-5-3-11-12-14/h3,5,8H,1-2,4,6-7,10H2. The third-order valence-electron chi connectivity index (χ3n) is 2.64. The van der Waals surface area contributed by atoms with Gasteiger partial charge in [0.1, 0.15) is 0 Å². The molecule has 1 saturated heterocycles. The number of piperidine rings is 1. The van der Waals surface area contributed by atoms with Crippen molar-refractivity contribution in [1.29, 1.82) is 0 Å². The van der Waals surface area contributed by atoms with E-state index in [0.717, 1.165) is 19.4 Å². The van der Waals surface area contributed by atoms with E-state index in [1.54, 1.807) is 22.0 Å². The molecule has 82 valence electrons. The van der Waals surface area contributed by atoms with E-state index >= 15 is 0 Å². The van der Waals surface area contributed by atoms with Crippen LogP contribution in [0.5, 0.6) is 0 Å². The maximum Gasteiger partial charge on any atom is 0.239 e. The second kappa shape index (κ2) is 4.39. The summed E-state index contributed by atoms with van der Waals surface area (Å²) in [5.74, 6) is 0.0568. The van der Waals surface area contributed by atoms with Crippen molar-refractivity contribution in [2.45, 2.75) is 25.4 Å². The molecule has 0 spiro atoms. The minimum atomic E-state index is -0.311. The molecule has 2 rings (SSSR count). The lowest BCUT2D eigenvalue weighted by atomic mass is 10.1. The Bertz CT molecular complexity index is 323. The van der Waals surface area contributed by atoms with Crippen molar-refractivity contribution in [2.75, 3.05) is 13.1 Å². The van der Waals surface area contributed by atoms with Gasteiger partial charge in [0.15, 0.2) is 0 Å². The average molecular weight is 209 g/mol. The summed E-state index contributed by atoms with van der Waals surface area (Å²) in [6.07, 6.45) is 5.21. The van der Waals surface area contributed by atoms with Gasteiger partial charge in [-0.3, -0.25) is 9.48 Å². The molecule has 6 nitrogen and oxygen atoms in total. The molecule has 1 fully saturated rings. The zero-order valence-corrected chi connectivity index (χ0v) is 8.54. The van der Waals surface area contributed by atoms with Gasteiger partial charge in [-0.15, -0.1) is 5.10 Å². The Hall–Kier alpha value is -1.43. The Labute approximate surface area is 88.0 Å². The summed E-state index contributed by atoms with van der Waals surface area (Å²) in [5, 5.41) is 7.55. The largest absolute Gasteiger partial charge is 0.339 e. The van der Waals surface area contributed by atoms with Crippen LogP contribution in [-0.4, -0.2) is 44.9 Å². The molecule has 0 aliphatic carbocycles. The lowest BCUT2D eigenvalue weighted by molar-refractivity contribution is -0.135. The van der Waals surface area contributed by atoms with E-state index in [1.165, 1.54) is 0 Å². The number of carbonyl (C=O) groups excluding carboxylic acids is 1. The van der Waals surface area contributed by atoms with Gasteiger partial charge in [-0.2, -0.15) is 0 Å². The Kier molecular flexibility index (Phi) is 2.96. The number of nitrogens with zero attached hydrogens (tertiary/aromatic N) is 4. The van der Waals surface area contributed by atoms with Crippen molar-refractivity contribution in [1.82, 2.24) is 19.9 Å². The van der Waals surface area contributed by atoms with E-state index in [2.05, 4.69) is 10.3 Å². The van der Waals surface area contributed by atoms with Gasteiger partial charge in [0.25, 0.3) is 0 Å². The van der Waals surface area contributed by atoms with Crippen molar-refractivity contribution in [3.05, 3.63) is 12.4 Å². The van der Waals surface area contributed by atoms with Crippen molar-refractivity contribution in [3.63, 3.8) is 0 Å². The van der Waals surface area contributed by atoms with E-state index in [-0.39, 0.29) is 11.9 Å². The average Bonchev–Trinajstić information content (AvgIpc) is 2.73. The van der Waals surface area contributed by atoms with Crippen molar-refractivity contribution >= 4 is 5.91 Å². The van der Waals surface area contributed by atoms with Crippen LogP contribution in [0, 0.1) is 0 Å². The van der Waals surface area contributed by atoms with Gasteiger partial charge in [-0.25, -0.2) is 0 Å². The summed E-state index contributed by atoms with van der Waals surface area (Å²) in [7, 11) is 0. The molecule has 1 atom stereocenters. The summed E-state index contributed by atoms with van der Waals surface area (Å²) in [5.41, 5.74) is 5.69. The highest BCUT2D eigenvalue weighted by Crippen LogP contribution is 2.09. The Morgan fingerprint density at radius 1 is 1.53 bits per heavy atom. The van der Waals surface area contributed by atoms with Crippen LogP contribution in [0.15, 0.2) is 12.4 Å². The molecule has 0 bridgehead atoms. The van der Waals surface area contributed by atoms with Crippen LogP contribution in [0.3, 0.4) is 0 Å². The van der Waals surface area contributed by atoms with Gasteiger partial charge in [-0.1, -0.05) is 5.21 Å². The lowest BCUT2D eigenvalue weighted by Gasteiger charge is -2.30. The van der Waals surface area contributed by atoms with E-state index in [4.69, 9.17) is 5.73 Å². The fourth-order valence-corrected chi connectivity index (χ4v) is 1.77.